The minimum absolute atomic E-state index is 0.0627. The Bertz CT molecular complexity index is 230. The molecule has 0 aromatic heterocycles. The molecule has 66 valence electrons. The monoisotopic (exact) mass is 182 g/mol. The van der Waals surface area contributed by atoms with Crippen molar-refractivity contribution in [3.05, 3.63) is 35.4 Å². The molecule has 0 aliphatic carbocycles. The molecule has 1 aromatic rings. The first-order valence-corrected chi connectivity index (χ1v) is 4.58. The summed E-state index contributed by atoms with van der Waals surface area (Å²) in [5.41, 5.74) is 2.49. The predicted octanol–water partition coefficient (Wildman–Crippen LogP) is 1.83. The fourth-order valence-corrected chi connectivity index (χ4v) is 1.27. The number of hydrogen-bond acceptors (Lipinski definition) is 2. The molecule has 1 rings (SSSR count). The van der Waals surface area contributed by atoms with E-state index in [4.69, 9.17) is 5.11 Å². The average molecular weight is 182 g/mol. The Balaban J connectivity index is 2.58. The van der Waals surface area contributed by atoms with Gasteiger partial charge in [0.05, 0.1) is 6.61 Å². The molecular weight excluding hydrogens is 168 g/mol. The number of aryl methyl sites for hydroxylation is 1. The van der Waals surface area contributed by atoms with Crippen LogP contribution in [-0.4, -0.2) is 17.0 Å². The van der Waals surface area contributed by atoms with Gasteiger partial charge in [0.1, 0.15) is 0 Å². The van der Waals surface area contributed by atoms with Gasteiger partial charge in [-0.3, -0.25) is 0 Å². The lowest BCUT2D eigenvalue weighted by atomic mass is 10.1. The van der Waals surface area contributed by atoms with Gasteiger partial charge < -0.3 is 5.11 Å². The third-order valence-electron chi connectivity index (χ3n) is 1.80. The van der Waals surface area contributed by atoms with Crippen LogP contribution in [0.25, 0.3) is 0 Å². The number of rotatable bonds is 3. The molecule has 0 spiro atoms. The van der Waals surface area contributed by atoms with Crippen LogP contribution in [0.1, 0.15) is 11.1 Å². The van der Waals surface area contributed by atoms with Gasteiger partial charge in [0.2, 0.25) is 0 Å². The fraction of sp³-hybridized carbons (Fsp3) is 0.400. The maximum Gasteiger partial charge on any atom is 0.0550 e. The zero-order valence-corrected chi connectivity index (χ0v) is 8.09. The number of aliphatic hydroxyl groups excluding tert-OH is 1. The van der Waals surface area contributed by atoms with Crippen molar-refractivity contribution in [3.63, 3.8) is 0 Å². The Morgan fingerprint density at radius 2 is 1.92 bits per heavy atom. The normalized spacial score (nSPS) is 12.9. The highest BCUT2D eigenvalue weighted by molar-refractivity contribution is 7.81. The standard InChI is InChI=1S/C10H14OS/c1-8-2-4-9(5-3-8)6-10(12)7-11/h2-5,10-12H,6-7H2,1H3. The van der Waals surface area contributed by atoms with Crippen LogP contribution < -0.4 is 0 Å². The van der Waals surface area contributed by atoms with E-state index in [1.54, 1.807) is 0 Å². The molecule has 2 heteroatoms. The van der Waals surface area contributed by atoms with E-state index < -0.39 is 0 Å². The Kier molecular flexibility index (Phi) is 3.63. The summed E-state index contributed by atoms with van der Waals surface area (Å²) < 4.78 is 0. The lowest BCUT2D eigenvalue weighted by molar-refractivity contribution is 0.295. The van der Waals surface area contributed by atoms with E-state index in [0.717, 1.165) is 6.42 Å². The predicted molar refractivity (Wildman–Crippen MR) is 54.7 cm³/mol. The average Bonchev–Trinajstić information content (AvgIpc) is 2.09. The van der Waals surface area contributed by atoms with Gasteiger partial charge in [-0.1, -0.05) is 29.8 Å². The van der Waals surface area contributed by atoms with Gasteiger partial charge >= 0.3 is 0 Å². The molecule has 0 saturated carbocycles. The summed E-state index contributed by atoms with van der Waals surface area (Å²) in [6, 6.07) is 8.31. The van der Waals surface area contributed by atoms with Crippen LogP contribution >= 0.6 is 12.6 Å². The van der Waals surface area contributed by atoms with Crippen LogP contribution in [0.5, 0.6) is 0 Å². The lowest BCUT2D eigenvalue weighted by Crippen LogP contribution is -2.08. The maximum atomic E-state index is 8.77. The first-order valence-electron chi connectivity index (χ1n) is 4.07. The Morgan fingerprint density at radius 1 is 1.33 bits per heavy atom. The number of hydrogen-bond donors (Lipinski definition) is 2. The molecular formula is C10H14OS. The summed E-state index contributed by atoms with van der Waals surface area (Å²) in [6.45, 7) is 2.20. The van der Waals surface area contributed by atoms with Gasteiger partial charge in [-0.25, -0.2) is 0 Å². The topological polar surface area (TPSA) is 20.2 Å². The molecule has 0 aliphatic rings. The van der Waals surface area contributed by atoms with Crippen molar-refractivity contribution in [2.24, 2.45) is 0 Å². The fourth-order valence-electron chi connectivity index (χ4n) is 1.06. The number of benzene rings is 1. The van der Waals surface area contributed by atoms with E-state index in [-0.39, 0.29) is 11.9 Å². The Hall–Kier alpha value is -0.470. The minimum atomic E-state index is 0.0627. The van der Waals surface area contributed by atoms with Crippen molar-refractivity contribution in [3.8, 4) is 0 Å². The van der Waals surface area contributed by atoms with Crippen molar-refractivity contribution in [1.29, 1.82) is 0 Å². The second-order valence-corrected chi connectivity index (χ2v) is 3.76. The van der Waals surface area contributed by atoms with Crippen LogP contribution in [0, 0.1) is 6.92 Å². The summed E-state index contributed by atoms with van der Waals surface area (Å²) in [5.74, 6) is 0. The zero-order chi connectivity index (χ0) is 8.97. The van der Waals surface area contributed by atoms with Gasteiger partial charge in [-0.2, -0.15) is 12.6 Å². The van der Waals surface area contributed by atoms with Crippen molar-refractivity contribution >= 4 is 12.6 Å². The Morgan fingerprint density at radius 3 is 2.42 bits per heavy atom. The number of thiol groups is 1. The van der Waals surface area contributed by atoms with E-state index in [9.17, 15) is 0 Å². The smallest absolute Gasteiger partial charge is 0.0550 e. The highest BCUT2D eigenvalue weighted by atomic mass is 32.1. The van der Waals surface area contributed by atoms with Crippen LogP contribution in [0.15, 0.2) is 24.3 Å². The van der Waals surface area contributed by atoms with Crippen LogP contribution in [0.4, 0.5) is 0 Å². The zero-order valence-electron chi connectivity index (χ0n) is 7.20. The molecule has 1 N–H and O–H groups in total. The van der Waals surface area contributed by atoms with Crippen LogP contribution in [0.2, 0.25) is 0 Å². The highest BCUT2D eigenvalue weighted by Gasteiger charge is 2.01. The third-order valence-corrected chi connectivity index (χ3v) is 2.15. The first-order chi connectivity index (χ1) is 5.72. The van der Waals surface area contributed by atoms with E-state index in [2.05, 4.69) is 43.8 Å². The molecule has 0 aliphatic heterocycles. The highest BCUT2D eigenvalue weighted by Crippen LogP contribution is 2.08. The van der Waals surface area contributed by atoms with Crippen molar-refractivity contribution < 1.29 is 5.11 Å². The van der Waals surface area contributed by atoms with E-state index in [1.807, 2.05) is 0 Å². The van der Waals surface area contributed by atoms with E-state index >= 15 is 0 Å². The second kappa shape index (κ2) is 4.53. The van der Waals surface area contributed by atoms with E-state index in [0.29, 0.717) is 0 Å². The third kappa shape index (κ3) is 2.88. The van der Waals surface area contributed by atoms with Gasteiger partial charge in [-0.05, 0) is 18.9 Å². The van der Waals surface area contributed by atoms with Gasteiger partial charge in [-0.15, -0.1) is 0 Å². The minimum Gasteiger partial charge on any atom is -0.395 e. The van der Waals surface area contributed by atoms with Gasteiger partial charge in [0.15, 0.2) is 0 Å². The van der Waals surface area contributed by atoms with Crippen molar-refractivity contribution in [2.75, 3.05) is 6.61 Å². The molecule has 12 heavy (non-hydrogen) atoms. The SMILES string of the molecule is Cc1ccc(CC(S)CO)cc1. The quantitative estimate of drug-likeness (QED) is 0.683. The van der Waals surface area contributed by atoms with Crippen LogP contribution in [-0.2, 0) is 6.42 Å². The molecule has 0 amide bonds. The molecule has 1 unspecified atom stereocenters. The van der Waals surface area contributed by atoms with Gasteiger partial charge in [0, 0.05) is 5.25 Å². The molecule has 0 bridgehead atoms. The summed E-state index contributed by atoms with van der Waals surface area (Å²) in [5, 5.41) is 8.84. The van der Waals surface area contributed by atoms with Crippen molar-refractivity contribution in [1.82, 2.24) is 0 Å². The lowest BCUT2D eigenvalue weighted by Gasteiger charge is -2.06. The molecule has 0 heterocycles. The summed E-state index contributed by atoms with van der Waals surface area (Å²) in [6.07, 6.45) is 0.833. The summed E-state index contributed by atoms with van der Waals surface area (Å²) in [4.78, 5) is 0. The summed E-state index contributed by atoms with van der Waals surface area (Å²) in [7, 11) is 0. The molecule has 1 aromatic carbocycles. The molecule has 1 atom stereocenters. The summed E-state index contributed by atoms with van der Waals surface area (Å²) >= 11 is 4.22. The molecule has 1 nitrogen and oxygen atoms in total. The van der Waals surface area contributed by atoms with Crippen molar-refractivity contribution in [2.45, 2.75) is 18.6 Å². The molecule has 0 saturated heterocycles. The first kappa shape index (κ1) is 9.62. The largest absolute Gasteiger partial charge is 0.395 e. The van der Waals surface area contributed by atoms with Crippen LogP contribution in [0.3, 0.4) is 0 Å². The van der Waals surface area contributed by atoms with Gasteiger partial charge in [0.25, 0.3) is 0 Å². The number of aliphatic hydroxyl groups is 1. The second-order valence-electron chi connectivity index (χ2n) is 3.03. The molecule has 0 radical (unpaired) electrons. The van der Waals surface area contributed by atoms with E-state index in [1.165, 1.54) is 11.1 Å². The Labute approximate surface area is 78.8 Å². The maximum absolute atomic E-state index is 8.77. The molecule has 0 fully saturated rings.